The van der Waals surface area contributed by atoms with Crippen LogP contribution in [0.15, 0.2) is 53.4 Å². The molecular formula is C18H22OS. The minimum atomic E-state index is 0.612. The molecule has 2 aromatic rings. The zero-order valence-electron chi connectivity index (χ0n) is 12.0. The number of benzene rings is 2. The Morgan fingerprint density at radius 1 is 0.850 bits per heavy atom. The number of rotatable bonds is 7. The molecule has 2 aromatic carbocycles. The average molecular weight is 286 g/mol. The van der Waals surface area contributed by atoms with Crippen LogP contribution < -0.4 is 4.74 Å². The first-order chi connectivity index (χ1) is 9.78. The largest absolute Gasteiger partial charge is 0.489 e. The Labute approximate surface area is 127 Å². The predicted octanol–water partition coefficient (Wildman–Crippen LogP) is 5.29. The van der Waals surface area contributed by atoms with E-state index in [1.165, 1.54) is 36.8 Å². The predicted molar refractivity (Wildman–Crippen MR) is 87.7 cm³/mol. The van der Waals surface area contributed by atoms with E-state index in [0.29, 0.717) is 6.61 Å². The molecule has 0 heterocycles. The number of aryl methyl sites for hydroxylation is 1. The fraction of sp³-hybridized carbons (Fsp3) is 0.333. The molecule has 0 fully saturated rings. The first-order valence-corrected chi connectivity index (χ1v) is 7.72. The minimum absolute atomic E-state index is 0.612. The van der Waals surface area contributed by atoms with Gasteiger partial charge in [-0.25, -0.2) is 0 Å². The molecular weight excluding hydrogens is 264 g/mol. The molecule has 0 saturated carbocycles. The van der Waals surface area contributed by atoms with Crippen molar-refractivity contribution < 1.29 is 4.74 Å². The second-order valence-electron chi connectivity index (χ2n) is 5.06. The van der Waals surface area contributed by atoms with Crippen LogP contribution in [0.5, 0.6) is 5.75 Å². The fourth-order valence-electron chi connectivity index (χ4n) is 2.09. The molecule has 0 unspecified atom stereocenters. The van der Waals surface area contributed by atoms with E-state index in [9.17, 15) is 0 Å². The van der Waals surface area contributed by atoms with Gasteiger partial charge in [0.2, 0.25) is 0 Å². The molecule has 106 valence electrons. The standard InChI is InChI=1S/C18H22OS/c1-2-3-4-5-15-6-8-16(9-7-15)14-19-17-10-12-18(20)13-11-17/h6-13,20H,2-5,14H2,1H3. The van der Waals surface area contributed by atoms with E-state index in [2.05, 4.69) is 43.8 Å². The first kappa shape index (κ1) is 15.0. The van der Waals surface area contributed by atoms with Crippen molar-refractivity contribution in [3.8, 4) is 5.75 Å². The second kappa shape index (κ2) is 8.01. The molecule has 0 amide bonds. The fourth-order valence-corrected chi connectivity index (χ4v) is 2.24. The summed E-state index contributed by atoms with van der Waals surface area (Å²) in [6, 6.07) is 16.5. The Bertz CT molecular complexity index is 502. The first-order valence-electron chi connectivity index (χ1n) is 7.27. The third-order valence-corrected chi connectivity index (χ3v) is 3.63. The van der Waals surface area contributed by atoms with Crippen LogP contribution in [-0.2, 0) is 13.0 Å². The van der Waals surface area contributed by atoms with Gasteiger partial charge in [-0.05, 0) is 48.2 Å². The van der Waals surface area contributed by atoms with Crippen molar-refractivity contribution >= 4 is 12.6 Å². The molecule has 0 atom stereocenters. The molecule has 2 rings (SSSR count). The van der Waals surface area contributed by atoms with Crippen LogP contribution in [0.3, 0.4) is 0 Å². The van der Waals surface area contributed by atoms with E-state index < -0.39 is 0 Å². The Kier molecular flexibility index (Phi) is 6.00. The molecule has 0 aliphatic carbocycles. The highest BCUT2D eigenvalue weighted by Crippen LogP contribution is 2.16. The summed E-state index contributed by atoms with van der Waals surface area (Å²) < 4.78 is 5.75. The molecule has 2 heteroatoms. The van der Waals surface area contributed by atoms with Crippen molar-refractivity contribution in [3.63, 3.8) is 0 Å². The summed E-state index contributed by atoms with van der Waals surface area (Å²) in [5.74, 6) is 0.884. The van der Waals surface area contributed by atoms with Crippen molar-refractivity contribution in [3.05, 3.63) is 59.7 Å². The third-order valence-electron chi connectivity index (χ3n) is 3.33. The second-order valence-corrected chi connectivity index (χ2v) is 5.57. The Morgan fingerprint density at radius 2 is 1.50 bits per heavy atom. The van der Waals surface area contributed by atoms with Crippen molar-refractivity contribution in [2.75, 3.05) is 0 Å². The molecule has 0 spiro atoms. The van der Waals surface area contributed by atoms with Crippen LogP contribution in [0.4, 0.5) is 0 Å². The highest BCUT2D eigenvalue weighted by atomic mass is 32.1. The Balaban J connectivity index is 1.82. The minimum Gasteiger partial charge on any atom is -0.489 e. The molecule has 0 aromatic heterocycles. The summed E-state index contributed by atoms with van der Waals surface area (Å²) in [6.45, 7) is 2.85. The number of thiol groups is 1. The number of hydrogen-bond donors (Lipinski definition) is 1. The summed E-state index contributed by atoms with van der Waals surface area (Å²) >= 11 is 4.26. The van der Waals surface area contributed by atoms with Crippen molar-refractivity contribution in [1.29, 1.82) is 0 Å². The van der Waals surface area contributed by atoms with Crippen LogP contribution in [-0.4, -0.2) is 0 Å². The topological polar surface area (TPSA) is 9.23 Å². The van der Waals surface area contributed by atoms with E-state index in [4.69, 9.17) is 4.74 Å². The normalized spacial score (nSPS) is 10.5. The van der Waals surface area contributed by atoms with Crippen LogP contribution in [0.25, 0.3) is 0 Å². The maximum atomic E-state index is 5.75. The molecule has 0 aliphatic rings. The third kappa shape index (κ3) is 4.93. The lowest BCUT2D eigenvalue weighted by atomic mass is 10.1. The number of unbranched alkanes of at least 4 members (excludes halogenated alkanes) is 2. The van der Waals surface area contributed by atoms with E-state index >= 15 is 0 Å². The molecule has 0 N–H and O–H groups in total. The maximum absolute atomic E-state index is 5.75. The van der Waals surface area contributed by atoms with Crippen LogP contribution >= 0.6 is 12.6 Å². The van der Waals surface area contributed by atoms with Gasteiger partial charge in [-0.15, -0.1) is 12.6 Å². The lowest BCUT2D eigenvalue weighted by molar-refractivity contribution is 0.306. The molecule has 0 saturated heterocycles. The van der Waals surface area contributed by atoms with Gasteiger partial charge in [-0.1, -0.05) is 44.0 Å². The summed E-state index contributed by atoms with van der Waals surface area (Å²) in [7, 11) is 0. The van der Waals surface area contributed by atoms with E-state index in [0.717, 1.165) is 10.6 Å². The molecule has 20 heavy (non-hydrogen) atoms. The summed E-state index contributed by atoms with van der Waals surface area (Å²) in [4.78, 5) is 0.953. The van der Waals surface area contributed by atoms with Crippen molar-refractivity contribution in [2.45, 2.75) is 44.1 Å². The van der Waals surface area contributed by atoms with Gasteiger partial charge in [0.1, 0.15) is 12.4 Å². The lowest BCUT2D eigenvalue weighted by Crippen LogP contribution is -1.95. The Morgan fingerprint density at radius 3 is 2.15 bits per heavy atom. The van der Waals surface area contributed by atoms with Crippen LogP contribution in [0, 0.1) is 0 Å². The van der Waals surface area contributed by atoms with Gasteiger partial charge in [-0.2, -0.15) is 0 Å². The van der Waals surface area contributed by atoms with Crippen molar-refractivity contribution in [2.24, 2.45) is 0 Å². The monoisotopic (exact) mass is 286 g/mol. The average Bonchev–Trinajstić information content (AvgIpc) is 2.48. The highest BCUT2D eigenvalue weighted by molar-refractivity contribution is 7.80. The van der Waals surface area contributed by atoms with Gasteiger partial charge in [0, 0.05) is 4.90 Å². The quantitative estimate of drug-likeness (QED) is 0.537. The van der Waals surface area contributed by atoms with Crippen LogP contribution in [0.2, 0.25) is 0 Å². The van der Waals surface area contributed by atoms with Gasteiger partial charge in [0.25, 0.3) is 0 Å². The SMILES string of the molecule is CCCCCc1ccc(COc2ccc(S)cc2)cc1. The van der Waals surface area contributed by atoms with Gasteiger partial charge >= 0.3 is 0 Å². The van der Waals surface area contributed by atoms with E-state index in [1.807, 2.05) is 24.3 Å². The molecule has 0 aliphatic heterocycles. The summed E-state index contributed by atoms with van der Waals surface area (Å²) in [5, 5.41) is 0. The smallest absolute Gasteiger partial charge is 0.119 e. The van der Waals surface area contributed by atoms with Crippen LogP contribution in [0.1, 0.15) is 37.3 Å². The van der Waals surface area contributed by atoms with E-state index in [1.54, 1.807) is 0 Å². The van der Waals surface area contributed by atoms with E-state index in [-0.39, 0.29) is 0 Å². The highest BCUT2D eigenvalue weighted by Gasteiger charge is 1.98. The lowest BCUT2D eigenvalue weighted by Gasteiger charge is -2.07. The zero-order valence-corrected chi connectivity index (χ0v) is 12.9. The molecule has 0 radical (unpaired) electrons. The van der Waals surface area contributed by atoms with Gasteiger partial charge in [-0.3, -0.25) is 0 Å². The zero-order chi connectivity index (χ0) is 14.2. The molecule has 0 bridgehead atoms. The van der Waals surface area contributed by atoms with Crippen molar-refractivity contribution in [1.82, 2.24) is 0 Å². The maximum Gasteiger partial charge on any atom is 0.119 e. The van der Waals surface area contributed by atoms with Gasteiger partial charge in [0.15, 0.2) is 0 Å². The Hall–Kier alpha value is -1.41. The van der Waals surface area contributed by atoms with Gasteiger partial charge < -0.3 is 4.74 Å². The molecule has 1 nitrogen and oxygen atoms in total. The summed E-state index contributed by atoms with van der Waals surface area (Å²) in [5.41, 5.74) is 2.63. The number of ether oxygens (including phenoxy) is 1. The van der Waals surface area contributed by atoms with Gasteiger partial charge in [0.05, 0.1) is 0 Å². The number of hydrogen-bond acceptors (Lipinski definition) is 2. The summed E-state index contributed by atoms with van der Waals surface area (Å²) in [6.07, 6.45) is 5.05.